The molecule has 0 aromatic carbocycles. The summed E-state index contributed by atoms with van der Waals surface area (Å²) in [5.74, 6) is 0.00495. The third kappa shape index (κ3) is 4.19. The second-order valence-electron chi connectivity index (χ2n) is 5.68. The second-order valence-corrected chi connectivity index (χ2v) is 5.68. The zero-order valence-electron chi connectivity index (χ0n) is 11.6. The Labute approximate surface area is 115 Å². The van der Waals surface area contributed by atoms with Crippen molar-refractivity contribution in [2.75, 3.05) is 32.7 Å². The molecule has 1 saturated heterocycles. The van der Waals surface area contributed by atoms with E-state index in [9.17, 15) is 10.1 Å². The number of nitrogens with one attached hydrogen (secondary N) is 2. The van der Waals surface area contributed by atoms with Crippen LogP contribution < -0.4 is 10.6 Å². The van der Waals surface area contributed by atoms with Gasteiger partial charge in [-0.05, 0) is 32.4 Å². The quantitative estimate of drug-likeness (QED) is 0.784. The van der Waals surface area contributed by atoms with Crippen LogP contribution in [-0.4, -0.2) is 49.1 Å². The summed E-state index contributed by atoms with van der Waals surface area (Å²) >= 11 is 0. The number of nitrogens with zero attached hydrogens (tertiary/aromatic N) is 2. The topological polar surface area (TPSA) is 68.2 Å². The van der Waals surface area contributed by atoms with E-state index in [1.54, 1.807) is 0 Å². The van der Waals surface area contributed by atoms with Gasteiger partial charge in [-0.15, -0.1) is 0 Å². The lowest BCUT2D eigenvalue weighted by Crippen LogP contribution is -2.51. The number of carbonyl (C=O) groups excluding carboxylic acids is 1. The van der Waals surface area contributed by atoms with E-state index in [1.807, 2.05) is 0 Å². The van der Waals surface area contributed by atoms with Crippen LogP contribution in [0.4, 0.5) is 0 Å². The summed E-state index contributed by atoms with van der Waals surface area (Å²) in [6.07, 6.45) is 5.95. The van der Waals surface area contributed by atoms with Gasteiger partial charge in [0.2, 0.25) is 5.91 Å². The van der Waals surface area contributed by atoms with Crippen LogP contribution in [0.5, 0.6) is 0 Å². The van der Waals surface area contributed by atoms with Crippen molar-refractivity contribution < 1.29 is 4.79 Å². The Balaban J connectivity index is 1.83. The normalized spacial score (nSPS) is 24.2. The van der Waals surface area contributed by atoms with Crippen LogP contribution >= 0.6 is 0 Å². The minimum Gasteiger partial charge on any atom is -0.337 e. The number of carbonyl (C=O) groups is 1. The molecule has 1 heterocycles. The van der Waals surface area contributed by atoms with Crippen molar-refractivity contribution in [2.24, 2.45) is 0 Å². The first-order chi connectivity index (χ1) is 9.24. The lowest BCUT2D eigenvalue weighted by molar-refractivity contribution is -0.123. The number of amides is 1. The van der Waals surface area contributed by atoms with Gasteiger partial charge in [-0.2, -0.15) is 5.26 Å². The molecule has 1 saturated carbocycles. The molecule has 0 unspecified atom stereocenters. The van der Waals surface area contributed by atoms with E-state index >= 15 is 0 Å². The summed E-state index contributed by atoms with van der Waals surface area (Å²) in [4.78, 5) is 14.3. The maximum Gasteiger partial charge on any atom is 0.235 e. The molecule has 5 heteroatoms. The minimum absolute atomic E-state index is 0.00495. The van der Waals surface area contributed by atoms with Gasteiger partial charge in [0.25, 0.3) is 0 Å². The van der Waals surface area contributed by atoms with Gasteiger partial charge in [0.1, 0.15) is 5.54 Å². The predicted octanol–water partition coefficient (Wildman–Crippen LogP) is 0.624. The van der Waals surface area contributed by atoms with Crippen molar-refractivity contribution in [3.63, 3.8) is 0 Å². The highest BCUT2D eigenvalue weighted by molar-refractivity contribution is 5.79. The van der Waals surface area contributed by atoms with Crippen LogP contribution in [0.25, 0.3) is 0 Å². The van der Waals surface area contributed by atoms with E-state index in [4.69, 9.17) is 0 Å². The molecule has 2 rings (SSSR count). The molecule has 0 spiro atoms. The molecule has 2 aliphatic rings. The van der Waals surface area contributed by atoms with Gasteiger partial charge in [0.05, 0.1) is 12.6 Å². The van der Waals surface area contributed by atoms with Crippen LogP contribution in [0, 0.1) is 11.3 Å². The molecule has 0 radical (unpaired) electrons. The van der Waals surface area contributed by atoms with Crippen LogP contribution in [0.3, 0.4) is 0 Å². The Bertz CT molecular complexity index is 336. The van der Waals surface area contributed by atoms with Gasteiger partial charge in [-0.1, -0.05) is 19.3 Å². The lowest BCUT2D eigenvalue weighted by atomic mass is 9.83. The third-order valence-electron chi connectivity index (χ3n) is 4.10. The maximum atomic E-state index is 12.1. The van der Waals surface area contributed by atoms with Gasteiger partial charge in [-0.3, -0.25) is 9.69 Å². The van der Waals surface area contributed by atoms with Crippen molar-refractivity contribution >= 4 is 5.91 Å². The summed E-state index contributed by atoms with van der Waals surface area (Å²) in [6, 6.07) is 2.34. The highest BCUT2D eigenvalue weighted by Crippen LogP contribution is 2.27. The van der Waals surface area contributed by atoms with Crippen molar-refractivity contribution in [1.29, 1.82) is 5.26 Å². The zero-order chi connectivity index (χ0) is 13.6. The van der Waals surface area contributed by atoms with Crippen molar-refractivity contribution in [2.45, 2.75) is 44.1 Å². The summed E-state index contributed by atoms with van der Waals surface area (Å²) in [6.45, 7) is 4.26. The Morgan fingerprint density at radius 2 is 2.00 bits per heavy atom. The molecule has 0 bridgehead atoms. The molecule has 0 aromatic rings. The van der Waals surface area contributed by atoms with Crippen molar-refractivity contribution in [3.8, 4) is 6.07 Å². The molecular weight excluding hydrogens is 240 g/mol. The molecule has 5 nitrogen and oxygen atoms in total. The fourth-order valence-corrected chi connectivity index (χ4v) is 2.99. The first kappa shape index (κ1) is 14.3. The SMILES string of the molecule is N#CC1(NC(=O)CN2CCCNCC2)CCCCC1. The first-order valence-electron chi connectivity index (χ1n) is 7.39. The molecule has 19 heavy (non-hydrogen) atoms. The molecule has 2 N–H and O–H groups in total. The van der Waals surface area contributed by atoms with Crippen LogP contribution in [0.2, 0.25) is 0 Å². The predicted molar refractivity (Wildman–Crippen MR) is 73.5 cm³/mol. The Morgan fingerprint density at radius 1 is 1.21 bits per heavy atom. The summed E-state index contributed by atoms with van der Waals surface area (Å²) in [5, 5.41) is 15.7. The standard InChI is InChI=1S/C14H24N4O/c15-12-14(5-2-1-3-6-14)17-13(19)11-18-9-4-7-16-8-10-18/h16H,1-11H2,(H,17,19). The lowest BCUT2D eigenvalue weighted by Gasteiger charge is -2.32. The average molecular weight is 264 g/mol. The van der Waals surface area contributed by atoms with Crippen LogP contribution in [0.1, 0.15) is 38.5 Å². The average Bonchev–Trinajstić information content (AvgIpc) is 2.68. The first-order valence-corrected chi connectivity index (χ1v) is 7.39. The smallest absolute Gasteiger partial charge is 0.235 e. The highest BCUT2D eigenvalue weighted by Gasteiger charge is 2.33. The van der Waals surface area contributed by atoms with Crippen molar-refractivity contribution in [3.05, 3.63) is 0 Å². The summed E-state index contributed by atoms with van der Waals surface area (Å²) < 4.78 is 0. The number of rotatable bonds is 3. The molecule has 0 atom stereocenters. The van der Waals surface area contributed by atoms with Crippen molar-refractivity contribution in [1.82, 2.24) is 15.5 Å². The number of hydrogen-bond donors (Lipinski definition) is 2. The van der Waals surface area contributed by atoms with E-state index in [0.717, 1.165) is 58.3 Å². The molecule has 106 valence electrons. The van der Waals surface area contributed by atoms with Gasteiger partial charge in [0.15, 0.2) is 0 Å². The molecule has 1 aliphatic carbocycles. The van der Waals surface area contributed by atoms with E-state index in [1.165, 1.54) is 6.42 Å². The third-order valence-corrected chi connectivity index (χ3v) is 4.10. The highest BCUT2D eigenvalue weighted by atomic mass is 16.2. The Morgan fingerprint density at radius 3 is 2.74 bits per heavy atom. The van der Waals surface area contributed by atoms with Gasteiger partial charge in [-0.25, -0.2) is 0 Å². The molecule has 2 fully saturated rings. The molecule has 1 aliphatic heterocycles. The fourth-order valence-electron chi connectivity index (χ4n) is 2.99. The van der Waals surface area contributed by atoms with E-state index in [0.29, 0.717) is 6.54 Å². The Kier molecular flexibility index (Phi) is 5.17. The van der Waals surface area contributed by atoms with E-state index in [-0.39, 0.29) is 5.91 Å². The van der Waals surface area contributed by atoms with Crippen LogP contribution in [-0.2, 0) is 4.79 Å². The molecule has 1 amide bonds. The molecular formula is C14H24N4O. The summed E-state index contributed by atoms with van der Waals surface area (Å²) in [7, 11) is 0. The largest absolute Gasteiger partial charge is 0.337 e. The zero-order valence-corrected chi connectivity index (χ0v) is 11.6. The number of hydrogen-bond acceptors (Lipinski definition) is 4. The summed E-state index contributed by atoms with van der Waals surface area (Å²) in [5.41, 5.74) is -0.598. The van der Waals surface area contributed by atoms with Gasteiger partial charge in [0, 0.05) is 13.1 Å². The van der Waals surface area contributed by atoms with Crippen LogP contribution in [0.15, 0.2) is 0 Å². The molecule has 0 aromatic heterocycles. The second kappa shape index (κ2) is 6.88. The van der Waals surface area contributed by atoms with E-state index < -0.39 is 5.54 Å². The van der Waals surface area contributed by atoms with E-state index in [2.05, 4.69) is 21.6 Å². The maximum absolute atomic E-state index is 12.1. The number of nitriles is 1. The monoisotopic (exact) mass is 264 g/mol. The fraction of sp³-hybridized carbons (Fsp3) is 0.857. The Hall–Kier alpha value is -1.12. The minimum atomic E-state index is -0.598. The van der Waals surface area contributed by atoms with Gasteiger partial charge < -0.3 is 10.6 Å². The van der Waals surface area contributed by atoms with Gasteiger partial charge >= 0.3 is 0 Å².